The van der Waals surface area contributed by atoms with Crippen molar-refractivity contribution >= 4 is 15.9 Å². The standard InChI is InChI=1S/C16H26BrNO2/c1-19-9-4-6-15(13-18-8-10-20-2)11-14-5-3-7-16(17)12-14/h3,5,7,12,15,18H,4,6,8-11,13H2,1-2H3. The van der Waals surface area contributed by atoms with E-state index in [1.807, 2.05) is 0 Å². The second kappa shape index (κ2) is 11.3. The molecule has 1 aromatic carbocycles. The normalized spacial score (nSPS) is 12.6. The van der Waals surface area contributed by atoms with E-state index in [4.69, 9.17) is 9.47 Å². The Kier molecular flexibility index (Phi) is 9.93. The van der Waals surface area contributed by atoms with Crippen LogP contribution >= 0.6 is 15.9 Å². The zero-order valence-corrected chi connectivity index (χ0v) is 14.1. The highest BCUT2D eigenvalue weighted by atomic mass is 79.9. The number of nitrogens with one attached hydrogen (secondary N) is 1. The van der Waals surface area contributed by atoms with Crippen LogP contribution in [0, 0.1) is 5.92 Å². The summed E-state index contributed by atoms with van der Waals surface area (Å²) in [4.78, 5) is 0. The van der Waals surface area contributed by atoms with Gasteiger partial charge in [-0.1, -0.05) is 28.1 Å². The first-order valence-electron chi connectivity index (χ1n) is 7.19. The molecule has 1 aromatic rings. The minimum absolute atomic E-state index is 0.635. The largest absolute Gasteiger partial charge is 0.385 e. The topological polar surface area (TPSA) is 30.5 Å². The molecule has 0 saturated carbocycles. The zero-order valence-electron chi connectivity index (χ0n) is 12.5. The van der Waals surface area contributed by atoms with Gasteiger partial charge in [0.15, 0.2) is 0 Å². The Bertz CT molecular complexity index is 360. The van der Waals surface area contributed by atoms with Gasteiger partial charge < -0.3 is 14.8 Å². The van der Waals surface area contributed by atoms with Gasteiger partial charge in [-0.3, -0.25) is 0 Å². The van der Waals surface area contributed by atoms with Crippen LogP contribution in [0.3, 0.4) is 0 Å². The molecular weight excluding hydrogens is 318 g/mol. The van der Waals surface area contributed by atoms with Crippen LogP contribution in [-0.2, 0) is 15.9 Å². The van der Waals surface area contributed by atoms with E-state index < -0.39 is 0 Å². The molecule has 0 saturated heterocycles. The fourth-order valence-corrected chi connectivity index (χ4v) is 2.72. The molecule has 0 amide bonds. The average Bonchev–Trinajstić information content (AvgIpc) is 2.43. The van der Waals surface area contributed by atoms with E-state index in [9.17, 15) is 0 Å². The molecule has 0 bridgehead atoms. The Morgan fingerprint density at radius 3 is 2.70 bits per heavy atom. The minimum atomic E-state index is 0.635. The number of hydrogen-bond donors (Lipinski definition) is 1. The van der Waals surface area contributed by atoms with Crippen LogP contribution in [0.4, 0.5) is 0 Å². The quantitative estimate of drug-likeness (QED) is 0.625. The minimum Gasteiger partial charge on any atom is -0.385 e. The fraction of sp³-hybridized carbons (Fsp3) is 0.625. The molecule has 114 valence electrons. The lowest BCUT2D eigenvalue weighted by Gasteiger charge is -2.18. The third kappa shape index (κ3) is 8.00. The first-order chi connectivity index (χ1) is 9.76. The SMILES string of the molecule is COCCCC(CNCCOC)Cc1cccc(Br)c1. The third-order valence-corrected chi connectivity index (χ3v) is 3.78. The summed E-state index contributed by atoms with van der Waals surface area (Å²) >= 11 is 3.54. The number of ether oxygens (including phenoxy) is 2. The molecule has 0 aromatic heterocycles. The molecule has 20 heavy (non-hydrogen) atoms. The van der Waals surface area contributed by atoms with E-state index >= 15 is 0 Å². The summed E-state index contributed by atoms with van der Waals surface area (Å²) < 4.78 is 11.4. The highest BCUT2D eigenvalue weighted by molar-refractivity contribution is 9.10. The maximum atomic E-state index is 5.16. The van der Waals surface area contributed by atoms with Gasteiger partial charge >= 0.3 is 0 Å². The molecule has 0 heterocycles. The predicted molar refractivity (Wildman–Crippen MR) is 87.2 cm³/mol. The van der Waals surface area contributed by atoms with Gasteiger partial charge in [-0.2, -0.15) is 0 Å². The molecule has 1 unspecified atom stereocenters. The van der Waals surface area contributed by atoms with E-state index in [1.165, 1.54) is 12.0 Å². The van der Waals surface area contributed by atoms with Gasteiger partial charge in [-0.05, 0) is 49.4 Å². The summed E-state index contributed by atoms with van der Waals surface area (Å²) in [6.45, 7) is 3.55. The monoisotopic (exact) mass is 343 g/mol. The van der Waals surface area contributed by atoms with Gasteiger partial charge in [0.1, 0.15) is 0 Å². The summed E-state index contributed by atoms with van der Waals surface area (Å²) in [5.41, 5.74) is 1.38. The van der Waals surface area contributed by atoms with Crippen molar-refractivity contribution in [3.05, 3.63) is 34.3 Å². The van der Waals surface area contributed by atoms with E-state index in [2.05, 4.69) is 45.5 Å². The predicted octanol–water partition coefficient (Wildman–Crippen LogP) is 3.27. The lowest BCUT2D eigenvalue weighted by atomic mass is 9.95. The van der Waals surface area contributed by atoms with Crippen molar-refractivity contribution in [1.29, 1.82) is 0 Å². The van der Waals surface area contributed by atoms with Gasteiger partial charge in [0.05, 0.1) is 6.61 Å². The second-order valence-corrected chi connectivity index (χ2v) is 5.95. The van der Waals surface area contributed by atoms with Crippen LogP contribution in [0.5, 0.6) is 0 Å². The summed E-state index contributed by atoms with van der Waals surface area (Å²) in [5.74, 6) is 0.635. The van der Waals surface area contributed by atoms with Gasteiger partial charge in [0.2, 0.25) is 0 Å². The van der Waals surface area contributed by atoms with Crippen LogP contribution in [0.1, 0.15) is 18.4 Å². The molecule has 0 fully saturated rings. The van der Waals surface area contributed by atoms with Gasteiger partial charge in [-0.15, -0.1) is 0 Å². The van der Waals surface area contributed by atoms with E-state index in [1.54, 1.807) is 14.2 Å². The number of halogens is 1. The molecular formula is C16H26BrNO2. The lowest BCUT2D eigenvalue weighted by molar-refractivity contribution is 0.183. The highest BCUT2D eigenvalue weighted by Crippen LogP contribution is 2.17. The number of benzene rings is 1. The molecule has 0 spiro atoms. The highest BCUT2D eigenvalue weighted by Gasteiger charge is 2.10. The van der Waals surface area contributed by atoms with Gasteiger partial charge in [0.25, 0.3) is 0 Å². The molecule has 1 atom stereocenters. The van der Waals surface area contributed by atoms with Gasteiger partial charge in [-0.25, -0.2) is 0 Å². The molecule has 1 rings (SSSR count). The van der Waals surface area contributed by atoms with Crippen molar-refractivity contribution in [3.8, 4) is 0 Å². The Morgan fingerprint density at radius 1 is 1.20 bits per heavy atom. The Morgan fingerprint density at radius 2 is 2.00 bits per heavy atom. The Hall–Kier alpha value is -0.420. The van der Waals surface area contributed by atoms with Crippen LogP contribution < -0.4 is 5.32 Å². The lowest BCUT2D eigenvalue weighted by Crippen LogP contribution is -2.27. The molecule has 0 radical (unpaired) electrons. The molecule has 0 aliphatic carbocycles. The number of rotatable bonds is 11. The van der Waals surface area contributed by atoms with Crippen molar-refractivity contribution in [2.24, 2.45) is 5.92 Å². The summed E-state index contributed by atoms with van der Waals surface area (Å²) in [5, 5.41) is 3.47. The summed E-state index contributed by atoms with van der Waals surface area (Å²) in [7, 11) is 3.50. The summed E-state index contributed by atoms with van der Waals surface area (Å²) in [6, 6.07) is 8.58. The van der Waals surface area contributed by atoms with Gasteiger partial charge in [0, 0.05) is 31.8 Å². The first kappa shape index (κ1) is 17.6. The molecule has 0 aliphatic rings. The van der Waals surface area contributed by atoms with Crippen LogP contribution in [0.15, 0.2) is 28.7 Å². The molecule has 1 N–H and O–H groups in total. The van der Waals surface area contributed by atoms with E-state index in [0.29, 0.717) is 5.92 Å². The van der Waals surface area contributed by atoms with Crippen LogP contribution in [-0.4, -0.2) is 40.5 Å². The maximum Gasteiger partial charge on any atom is 0.0587 e. The third-order valence-electron chi connectivity index (χ3n) is 3.29. The molecule has 0 aliphatic heterocycles. The zero-order chi connectivity index (χ0) is 14.6. The van der Waals surface area contributed by atoms with E-state index in [-0.39, 0.29) is 0 Å². The average molecular weight is 344 g/mol. The maximum absolute atomic E-state index is 5.16. The molecule has 3 nitrogen and oxygen atoms in total. The smallest absolute Gasteiger partial charge is 0.0587 e. The van der Waals surface area contributed by atoms with Crippen LogP contribution in [0.25, 0.3) is 0 Å². The Balaban J connectivity index is 2.43. The van der Waals surface area contributed by atoms with Crippen molar-refractivity contribution in [2.45, 2.75) is 19.3 Å². The van der Waals surface area contributed by atoms with Crippen molar-refractivity contribution in [1.82, 2.24) is 5.32 Å². The number of hydrogen-bond acceptors (Lipinski definition) is 3. The second-order valence-electron chi connectivity index (χ2n) is 5.03. The van der Waals surface area contributed by atoms with E-state index in [0.717, 1.165) is 43.6 Å². The Labute approximate surface area is 131 Å². The fourth-order valence-electron chi connectivity index (χ4n) is 2.27. The first-order valence-corrected chi connectivity index (χ1v) is 7.98. The van der Waals surface area contributed by atoms with Crippen molar-refractivity contribution in [3.63, 3.8) is 0 Å². The van der Waals surface area contributed by atoms with Crippen molar-refractivity contribution in [2.75, 3.05) is 40.5 Å². The van der Waals surface area contributed by atoms with Crippen molar-refractivity contribution < 1.29 is 9.47 Å². The summed E-state index contributed by atoms with van der Waals surface area (Å²) in [6.07, 6.45) is 3.39. The molecule has 4 heteroatoms. The number of methoxy groups -OCH3 is 2. The van der Waals surface area contributed by atoms with Crippen LogP contribution in [0.2, 0.25) is 0 Å².